The highest BCUT2D eigenvalue weighted by molar-refractivity contribution is 7.99. The van der Waals surface area contributed by atoms with Gasteiger partial charge in [0, 0.05) is 84.1 Å². The first-order valence-electron chi connectivity index (χ1n) is 44.3. The van der Waals surface area contributed by atoms with Gasteiger partial charge in [0.2, 0.25) is 106 Å². The van der Waals surface area contributed by atoms with Crippen LogP contribution in [0.2, 0.25) is 0 Å². The molecular weight excluding hydrogens is 1860 g/mol. The van der Waals surface area contributed by atoms with Crippen molar-refractivity contribution in [1.82, 2.24) is 100 Å². The molecule has 49 nitrogen and oxygen atoms in total. The number of rotatable bonds is 26. The number of aromatic nitrogens is 1. The Morgan fingerprint density at radius 1 is 0.522 bits per heavy atom. The number of carboxylic acid groups (broad SMARTS) is 1. The molecule has 0 spiro atoms. The number of carboxylic acids is 1. The highest BCUT2D eigenvalue weighted by Gasteiger charge is 2.43. The van der Waals surface area contributed by atoms with Crippen LogP contribution in [0.25, 0.3) is 10.9 Å². The van der Waals surface area contributed by atoms with E-state index < -0.39 is 266 Å². The topological polar surface area (TPSA) is 807 Å². The van der Waals surface area contributed by atoms with Crippen LogP contribution in [0.1, 0.15) is 113 Å². The lowest BCUT2D eigenvalue weighted by Gasteiger charge is -2.31. The van der Waals surface area contributed by atoms with Crippen molar-refractivity contribution in [3.8, 4) is 0 Å². The predicted molar refractivity (Wildman–Crippen MR) is 505 cm³/mol. The molecule has 4 heterocycles. The normalized spacial score (nSPS) is 24.3. The van der Waals surface area contributed by atoms with E-state index in [0.29, 0.717) is 38.7 Å². The smallest absolute Gasteiger partial charge is 0.305 e. The number of hydrogen-bond acceptors (Lipinski definition) is 28. The van der Waals surface area contributed by atoms with Crippen molar-refractivity contribution in [2.75, 3.05) is 63.2 Å². The Morgan fingerprint density at radius 2 is 1.01 bits per heavy atom. The van der Waals surface area contributed by atoms with Crippen LogP contribution >= 0.6 is 35.3 Å². The average molecular weight is 1990 g/mol. The number of benzene rings is 3. The zero-order valence-electron chi connectivity index (χ0n) is 76.4. The summed E-state index contributed by atoms with van der Waals surface area (Å²) >= 11 is 3.00. The van der Waals surface area contributed by atoms with Gasteiger partial charge in [0.15, 0.2) is 11.9 Å². The molecule has 3 aliphatic heterocycles. The summed E-state index contributed by atoms with van der Waals surface area (Å²) in [5, 5.41) is 101. The number of nitrogens with two attached hydrogens (primary N) is 5. The number of fused-ring (bicyclic) bond motifs is 7. The van der Waals surface area contributed by atoms with Crippen molar-refractivity contribution in [2.45, 2.75) is 212 Å². The maximum absolute atomic E-state index is 15.9. The van der Waals surface area contributed by atoms with Crippen LogP contribution in [-0.4, -0.2) is 314 Å². The molecule has 3 aliphatic rings. The van der Waals surface area contributed by atoms with E-state index in [2.05, 4.69) is 95.4 Å². The maximum atomic E-state index is 15.9. The fourth-order valence-electron chi connectivity index (χ4n) is 14.8. The minimum Gasteiger partial charge on any atom is -0.481 e. The number of nitrogens with zero attached hydrogens (tertiary/aromatic N) is 1. The summed E-state index contributed by atoms with van der Waals surface area (Å²) in [6, 6.07) is -6.09. The molecule has 34 N–H and O–H groups in total. The largest absolute Gasteiger partial charge is 0.481 e. The molecule has 138 heavy (non-hydrogen) atoms. The Morgan fingerprint density at radius 3 is 1.56 bits per heavy atom. The number of thioether (sulfide) groups is 3. The summed E-state index contributed by atoms with van der Waals surface area (Å²) in [6.45, 7) is 1.40. The summed E-state index contributed by atoms with van der Waals surface area (Å²) in [4.78, 5) is 277. The van der Waals surface area contributed by atoms with E-state index in [1.165, 1.54) is 6.92 Å². The van der Waals surface area contributed by atoms with Crippen molar-refractivity contribution in [1.29, 1.82) is 10.8 Å². The molecule has 52 heteroatoms. The first-order valence-corrected chi connectivity index (χ1v) is 47.8. The molecule has 7 rings (SSSR count). The summed E-state index contributed by atoms with van der Waals surface area (Å²) in [7, 11) is 0. The number of aromatic amines is 1. The number of para-hydroxylation sites is 1. The number of carbonyl (C=O) groups is 19. The highest BCUT2D eigenvalue weighted by atomic mass is 32.2. The van der Waals surface area contributed by atoms with Crippen LogP contribution < -0.4 is 119 Å². The molecular formula is C86H124N26O23S3. The minimum atomic E-state index is -2.12. The monoisotopic (exact) mass is 1980 g/mol. The maximum Gasteiger partial charge on any atom is 0.305 e. The molecule has 1 fully saturated rings. The van der Waals surface area contributed by atoms with E-state index in [1.54, 1.807) is 92.8 Å². The molecule has 754 valence electrons. The van der Waals surface area contributed by atoms with Gasteiger partial charge in [-0.2, -0.15) is 35.3 Å². The standard InChI is InChI=1S/C86H124N26O23S3/c1-42(2)23-54-75(126)102-56(28-49-31-96-51-16-9-8-15-50(49)51)77(128)106-59(34-113)71(122)98-33-67(118)111-69(44(4)115)83(134)109-61(72(123)97-32-66(89)117)39-136-36-46-24-47-26-48(25-46)38-138-41-63(84(135)112-22-12-19-64(112)82(133)105-54)110-78(129)57(29-65(88)116)103-74(125)53(18-11-21-95-86(92)93)99-76(127)55(27-45-13-6-5-7-14-45)101-73(124)52(17-10-20-94-85(90)91)100-79(130)58(30-68(119)120)104-80(131)60(35-114)107-81(132)62(40-137-37-47)108-70(121)43(3)87/h5-9,13-16,24-26,31,42-44,52-64,69,96,113-115H,10-12,17-23,27-30,32-41,87H2,1-4H3,(H2,88,116)(H2,89,117)(H,97,123)(H,98,122)(H,99,127)(H,100,130)(H,101,124)(H,102,126)(H,103,125)(H,104,131)(H,105,133)(H,106,128)(H,107,132)(H,108,121)(H,109,134)(H,110,129)(H,111,118)(H,119,120)(H4,90,91,94)(H4,92,93,95)/t43-,44+,52-,53-,54-,55-,56-,57-,58-,59-,60-,61-,62-,63-,64-,69-/m0/s1. The SMILES string of the molecule is CC(C)C[C@@H]1NC(=O)[C@@H]2CCCN2C(=O)[C@@H]2CSCc3cc(cc(c3)CSC[C@@H](C(=O)NCC(N)=O)NC(=O)[C@H]([C@@H](C)O)NC(=O)CNC(=O)[C@H](CO)NC(=O)[C@H](Cc3c[nH]c4ccccc34)NC1=O)CSC[C@H](NC(=O)[C@H](C)N)C(=O)N[C@@H](CO)C(=O)N[C@@H](CC(=O)O)C(=O)N[C@@H](CCCNC(=N)N)C(=O)N[C@@H](Cc1ccccc1)C(=O)N[C@@H](CCCNC(=N)N)C(=O)N[C@@H](CC(N)=O)C(=O)N2. The van der Waals surface area contributed by atoms with E-state index in [1.807, 2.05) is 0 Å². The van der Waals surface area contributed by atoms with Gasteiger partial charge in [0.25, 0.3) is 0 Å². The summed E-state index contributed by atoms with van der Waals surface area (Å²) in [6.07, 6.45) is -4.02. The van der Waals surface area contributed by atoms with Gasteiger partial charge in [-0.1, -0.05) is 80.6 Å². The number of primary amides is 2. The zero-order valence-corrected chi connectivity index (χ0v) is 78.8. The molecule has 16 atom stereocenters. The molecule has 0 radical (unpaired) electrons. The highest BCUT2D eigenvalue weighted by Crippen LogP contribution is 2.28. The van der Waals surface area contributed by atoms with Crippen LogP contribution in [0.5, 0.6) is 0 Å². The number of carbonyl (C=O) groups excluding carboxylic acids is 18. The van der Waals surface area contributed by atoms with E-state index in [0.717, 1.165) is 47.1 Å². The lowest BCUT2D eigenvalue weighted by Crippen LogP contribution is -2.62. The first kappa shape index (κ1) is 112. The molecule has 1 saturated heterocycles. The Balaban J connectivity index is 1.41. The van der Waals surface area contributed by atoms with Crippen molar-refractivity contribution in [3.05, 3.63) is 107 Å². The molecule has 3 aromatic carbocycles. The van der Waals surface area contributed by atoms with E-state index in [-0.39, 0.29) is 112 Å². The van der Waals surface area contributed by atoms with Crippen LogP contribution in [0.4, 0.5) is 0 Å². The van der Waals surface area contributed by atoms with Crippen LogP contribution in [0.3, 0.4) is 0 Å². The van der Waals surface area contributed by atoms with Gasteiger partial charge in [0.05, 0.1) is 51.3 Å². The van der Waals surface area contributed by atoms with Crippen molar-refractivity contribution in [2.24, 2.45) is 34.6 Å². The zero-order chi connectivity index (χ0) is 102. The Labute approximate surface area is 805 Å². The fraction of sp³-hybridized carbons (Fsp3) is 0.523. The lowest BCUT2D eigenvalue weighted by atomic mass is 10.00. The number of aliphatic hydroxyl groups is 3. The third-order valence-corrected chi connectivity index (χ3v) is 25.1. The van der Waals surface area contributed by atoms with E-state index in [4.69, 9.17) is 39.5 Å². The number of aliphatic carboxylic acids is 1. The Bertz CT molecular complexity index is 5040. The van der Waals surface area contributed by atoms with Gasteiger partial charge in [-0.15, -0.1) is 0 Å². The second-order valence-corrected chi connectivity index (χ2v) is 36.7. The number of guanidine groups is 2. The Kier molecular flexibility index (Phi) is 45.0. The van der Waals surface area contributed by atoms with E-state index >= 15 is 28.8 Å². The molecule has 0 unspecified atom stereocenters. The van der Waals surface area contributed by atoms with E-state index in [9.17, 15) is 82.8 Å². The summed E-state index contributed by atoms with van der Waals surface area (Å²) in [5.74, 6) is -24.4. The van der Waals surface area contributed by atoms with Gasteiger partial charge in [-0.25, -0.2) is 0 Å². The lowest BCUT2D eigenvalue weighted by molar-refractivity contribution is -0.142. The summed E-state index contributed by atoms with van der Waals surface area (Å²) < 4.78 is 0. The number of nitrogens with one attached hydrogen (secondary N) is 20. The quantitative estimate of drug-likeness (QED) is 0.0158. The molecule has 4 bridgehead atoms. The number of hydrogen-bond donors (Lipinski definition) is 29. The van der Waals surface area contributed by atoms with Crippen molar-refractivity contribution in [3.63, 3.8) is 0 Å². The molecule has 18 amide bonds. The minimum absolute atomic E-state index is 0.0567. The number of H-pyrrole nitrogens is 1. The van der Waals surface area contributed by atoms with Crippen molar-refractivity contribution < 1.29 is 112 Å². The third-order valence-electron chi connectivity index (χ3n) is 21.8. The second kappa shape index (κ2) is 55.7. The second-order valence-electron chi connectivity index (χ2n) is 33.6. The molecule has 4 aromatic rings. The van der Waals surface area contributed by atoms with Crippen LogP contribution in [0, 0.1) is 16.7 Å². The Hall–Kier alpha value is -13.4. The summed E-state index contributed by atoms with van der Waals surface area (Å²) in [5.41, 5.74) is 31.2. The van der Waals surface area contributed by atoms with Gasteiger partial charge in [0.1, 0.15) is 84.6 Å². The van der Waals surface area contributed by atoms with Crippen LogP contribution in [0.15, 0.2) is 79.0 Å². The van der Waals surface area contributed by atoms with Crippen molar-refractivity contribution >= 4 is 170 Å². The molecule has 0 aliphatic carbocycles. The molecule has 1 aromatic heterocycles. The predicted octanol–water partition coefficient (Wildman–Crippen LogP) is -8.97. The molecule has 0 saturated carbocycles. The fourth-order valence-corrected chi connectivity index (χ4v) is 17.8. The third kappa shape index (κ3) is 36.6. The first-order chi connectivity index (χ1) is 65.5. The number of amides is 18. The van der Waals surface area contributed by atoms with Gasteiger partial charge in [-0.05, 0) is 98.6 Å². The van der Waals surface area contributed by atoms with Crippen LogP contribution in [-0.2, 0) is 121 Å². The van der Waals surface area contributed by atoms with Gasteiger partial charge < -0.3 is 149 Å². The van der Waals surface area contributed by atoms with Gasteiger partial charge in [-0.3, -0.25) is 102 Å². The average Bonchev–Trinajstić information content (AvgIpc) is 1.66. The number of aliphatic hydroxyl groups excluding tert-OH is 3. The van der Waals surface area contributed by atoms with Gasteiger partial charge >= 0.3 is 5.97 Å².